The van der Waals surface area contributed by atoms with Gasteiger partial charge >= 0.3 is 0 Å². The van der Waals surface area contributed by atoms with Gasteiger partial charge < -0.3 is 24.2 Å². The SMILES string of the molecule is CSc1c(Oc2ccc(F)c(-c3ncc([C@@]4(C)CCOc5c(C(C)CC=O)cccc54)[nH]3)c2)c(F)c(F)c2[nH]ccc12. The molecular formula is C32H28F3N3O3S. The Morgan fingerprint density at radius 2 is 2.02 bits per heavy atom. The van der Waals surface area contributed by atoms with Crippen molar-refractivity contribution in [1.82, 2.24) is 15.0 Å². The molecule has 0 saturated heterocycles. The van der Waals surface area contributed by atoms with Crippen LogP contribution in [0.5, 0.6) is 17.2 Å². The Balaban J connectivity index is 1.36. The van der Waals surface area contributed by atoms with Crippen LogP contribution in [0.1, 0.15) is 49.4 Å². The number of benzene rings is 3. The molecule has 2 atom stereocenters. The van der Waals surface area contributed by atoms with Crippen molar-refractivity contribution < 1.29 is 27.4 Å². The molecule has 3 heterocycles. The zero-order valence-electron chi connectivity index (χ0n) is 23.2. The van der Waals surface area contributed by atoms with E-state index >= 15 is 8.78 Å². The molecule has 6 rings (SSSR count). The quantitative estimate of drug-likeness (QED) is 0.140. The number of thioether (sulfide) groups is 1. The van der Waals surface area contributed by atoms with Crippen LogP contribution in [0.4, 0.5) is 13.2 Å². The van der Waals surface area contributed by atoms with Gasteiger partial charge in [-0.15, -0.1) is 11.8 Å². The first-order valence-corrected chi connectivity index (χ1v) is 14.7. The van der Waals surface area contributed by atoms with Crippen LogP contribution in [0, 0.1) is 17.5 Å². The standard InChI is InChI=1S/C32H28F3N3O3S/c1-17(10-13-39)19-5-4-6-22-28(19)40-14-11-32(22,2)24-16-37-31(38-24)21-15-18(7-8-23(21)33)41-29-26(35)25(34)27-20(9-12-36-27)30(29)42-3/h4-9,12-13,15-17,36H,10-11,14H2,1-3H3,(H,37,38)/t17?,32-/m0/s1. The molecule has 0 bridgehead atoms. The highest BCUT2D eigenvalue weighted by Gasteiger charge is 2.38. The third-order valence-electron chi connectivity index (χ3n) is 8.07. The number of rotatable bonds is 8. The van der Waals surface area contributed by atoms with Gasteiger partial charge in [0.05, 0.1) is 22.6 Å². The molecule has 0 spiro atoms. The van der Waals surface area contributed by atoms with E-state index in [1.54, 1.807) is 18.5 Å². The Labute approximate surface area is 244 Å². The Hall–Kier alpha value is -4.18. The molecule has 42 heavy (non-hydrogen) atoms. The van der Waals surface area contributed by atoms with E-state index in [4.69, 9.17) is 9.47 Å². The first kappa shape index (κ1) is 28.0. The van der Waals surface area contributed by atoms with E-state index in [1.165, 1.54) is 36.2 Å². The number of imidazole rings is 1. The Morgan fingerprint density at radius 1 is 1.19 bits per heavy atom. The fourth-order valence-electron chi connectivity index (χ4n) is 5.65. The second-order valence-electron chi connectivity index (χ2n) is 10.6. The van der Waals surface area contributed by atoms with Gasteiger partial charge in [0.1, 0.15) is 29.4 Å². The largest absolute Gasteiger partial charge is 0.493 e. The molecule has 1 aliphatic heterocycles. The molecule has 0 radical (unpaired) electrons. The lowest BCUT2D eigenvalue weighted by Gasteiger charge is -2.36. The zero-order chi connectivity index (χ0) is 29.6. The molecule has 1 aliphatic rings. The Bertz CT molecular complexity index is 1820. The number of aromatic nitrogens is 3. The van der Waals surface area contributed by atoms with E-state index < -0.39 is 22.9 Å². The molecule has 216 valence electrons. The molecule has 3 aromatic carbocycles. The lowest BCUT2D eigenvalue weighted by atomic mass is 9.74. The number of carbonyl (C=O) groups excluding carboxylic acids is 1. The normalized spacial score (nSPS) is 17.1. The van der Waals surface area contributed by atoms with Crippen molar-refractivity contribution in [3.05, 3.63) is 89.1 Å². The minimum Gasteiger partial charge on any atom is -0.493 e. The van der Waals surface area contributed by atoms with Crippen molar-refractivity contribution in [1.29, 1.82) is 0 Å². The number of hydrogen-bond donors (Lipinski definition) is 2. The van der Waals surface area contributed by atoms with E-state index in [9.17, 15) is 9.18 Å². The van der Waals surface area contributed by atoms with Crippen LogP contribution in [0.3, 0.4) is 0 Å². The number of H-pyrrole nitrogens is 2. The van der Waals surface area contributed by atoms with Gasteiger partial charge in [-0.25, -0.2) is 13.8 Å². The van der Waals surface area contributed by atoms with Gasteiger partial charge in [0, 0.05) is 40.9 Å². The molecule has 1 unspecified atom stereocenters. The molecule has 0 aliphatic carbocycles. The molecule has 10 heteroatoms. The fourth-order valence-corrected chi connectivity index (χ4v) is 6.36. The summed E-state index contributed by atoms with van der Waals surface area (Å²) >= 11 is 1.22. The minimum atomic E-state index is -1.13. The van der Waals surface area contributed by atoms with Crippen LogP contribution in [0.15, 0.2) is 59.8 Å². The summed E-state index contributed by atoms with van der Waals surface area (Å²) < 4.78 is 56.9. The predicted octanol–water partition coefficient (Wildman–Crippen LogP) is 8.27. The molecule has 0 saturated carbocycles. The van der Waals surface area contributed by atoms with Gasteiger partial charge in [0.2, 0.25) is 5.82 Å². The van der Waals surface area contributed by atoms with Crippen molar-refractivity contribution in [3.63, 3.8) is 0 Å². The average molecular weight is 592 g/mol. The second kappa shape index (κ2) is 10.9. The number of fused-ring (bicyclic) bond motifs is 2. The van der Waals surface area contributed by atoms with Gasteiger partial charge in [0.15, 0.2) is 11.6 Å². The summed E-state index contributed by atoms with van der Waals surface area (Å²) in [4.78, 5) is 22.1. The van der Waals surface area contributed by atoms with Crippen LogP contribution in [0.2, 0.25) is 0 Å². The molecule has 5 aromatic rings. The molecule has 2 aromatic heterocycles. The van der Waals surface area contributed by atoms with E-state index in [0.29, 0.717) is 29.7 Å². The maximum absolute atomic E-state index is 15.1. The maximum atomic E-state index is 15.1. The Morgan fingerprint density at radius 3 is 2.81 bits per heavy atom. The summed E-state index contributed by atoms with van der Waals surface area (Å²) in [5.41, 5.74) is 2.35. The number of carbonyl (C=O) groups is 1. The summed E-state index contributed by atoms with van der Waals surface area (Å²) in [5, 5.41) is 0.489. The monoisotopic (exact) mass is 591 g/mol. The zero-order valence-corrected chi connectivity index (χ0v) is 24.0. The van der Waals surface area contributed by atoms with Crippen molar-refractivity contribution in [2.75, 3.05) is 12.9 Å². The number of halogens is 3. The third kappa shape index (κ3) is 4.54. The molecule has 0 fully saturated rings. The van der Waals surface area contributed by atoms with Gasteiger partial charge in [0.25, 0.3) is 0 Å². The first-order chi connectivity index (χ1) is 20.3. The second-order valence-corrected chi connectivity index (χ2v) is 11.4. The summed E-state index contributed by atoms with van der Waals surface area (Å²) in [6, 6.07) is 11.6. The number of para-hydroxylation sites is 1. The van der Waals surface area contributed by atoms with Gasteiger partial charge in [-0.1, -0.05) is 25.1 Å². The van der Waals surface area contributed by atoms with E-state index in [-0.39, 0.29) is 34.3 Å². The van der Waals surface area contributed by atoms with Crippen LogP contribution >= 0.6 is 11.8 Å². The maximum Gasteiger partial charge on any atom is 0.204 e. The highest BCUT2D eigenvalue weighted by atomic mass is 32.2. The lowest BCUT2D eigenvalue weighted by molar-refractivity contribution is -0.108. The number of ether oxygens (including phenoxy) is 2. The Kier molecular flexibility index (Phi) is 7.26. The summed E-state index contributed by atoms with van der Waals surface area (Å²) in [6.45, 7) is 4.53. The van der Waals surface area contributed by atoms with Crippen LogP contribution in [-0.4, -0.2) is 34.1 Å². The van der Waals surface area contributed by atoms with E-state index in [0.717, 1.165) is 28.9 Å². The number of nitrogens with zero attached hydrogens (tertiary/aromatic N) is 1. The topological polar surface area (TPSA) is 80.0 Å². The van der Waals surface area contributed by atoms with Gasteiger partial charge in [-0.05, 0) is 55.3 Å². The third-order valence-corrected chi connectivity index (χ3v) is 8.88. The summed E-state index contributed by atoms with van der Waals surface area (Å²) in [5.74, 6) is -1.84. The molecule has 2 N–H and O–H groups in total. The molecule has 6 nitrogen and oxygen atoms in total. The molecular weight excluding hydrogens is 563 g/mol. The van der Waals surface area contributed by atoms with Crippen molar-refractivity contribution in [3.8, 4) is 28.6 Å². The van der Waals surface area contributed by atoms with Crippen LogP contribution < -0.4 is 9.47 Å². The number of aldehydes is 1. The highest BCUT2D eigenvalue weighted by Crippen LogP contribution is 2.47. The highest BCUT2D eigenvalue weighted by molar-refractivity contribution is 7.99. The first-order valence-electron chi connectivity index (χ1n) is 13.5. The number of hydrogen-bond acceptors (Lipinski definition) is 5. The summed E-state index contributed by atoms with van der Waals surface area (Å²) in [6.07, 6.45) is 6.91. The van der Waals surface area contributed by atoms with Crippen molar-refractivity contribution in [2.24, 2.45) is 0 Å². The molecule has 0 amide bonds. The van der Waals surface area contributed by atoms with E-state index in [2.05, 4.69) is 21.9 Å². The van der Waals surface area contributed by atoms with Crippen LogP contribution in [-0.2, 0) is 10.2 Å². The van der Waals surface area contributed by atoms with E-state index in [1.807, 2.05) is 25.1 Å². The minimum absolute atomic E-state index is 0.00291. The number of nitrogens with one attached hydrogen (secondary N) is 2. The fraction of sp³-hybridized carbons (Fsp3) is 0.250. The lowest BCUT2D eigenvalue weighted by Crippen LogP contribution is -2.32. The van der Waals surface area contributed by atoms with Crippen molar-refractivity contribution >= 4 is 29.0 Å². The average Bonchev–Trinajstić information content (AvgIpc) is 3.68. The smallest absolute Gasteiger partial charge is 0.204 e. The van der Waals surface area contributed by atoms with Gasteiger partial charge in [-0.2, -0.15) is 4.39 Å². The summed E-state index contributed by atoms with van der Waals surface area (Å²) in [7, 11) is 0. The number of aromatic amines is 2. The van der Waals surface area contributed by atoms with Gasteiger partial charge in [-0.3, -0.25) is 0 Å². The predicted molar refractivity (Wildman–Crippen MR) is 156 cm³/mol. The van der Waals surface area contributed by atoms with Crippen LogP contribution in [0.25, 0.3) is 22.3 Å². The van der Waals surface area contributed by atoms with Crippen molar-refractivity contribution in [2.45, 2.75) is 42.9 Å².